The Kier molecular flexibility index (Phi) is 3.20. The van der Waals surface area contributed by atoms with E-state index in [4.69, 9.17) is 0 Å². The number of aryl methyl sites for hydroxylation is 2. The summed E-state index contributed by atoms with van der Waals surface area (Å²) < 4.78 is 2.09. The van der Waals surface area contributed by atoms with Crippen LogP contribution in [0, 0.1) is 6.92 Å². The molecule has 0 spiro atoms. The van der Waals surface area contributed by atoms with E-state index < -0.39 is 0 Å². The van der Waals surface area contributed by atoms with Gasteiger partial charge in [0.15, 0.2) is 0 Å². The standard InChI is InChI=1S/C15H17N5/c1-10-18-13-8-11(4-5-14(13)20(10)3)12-6-7-17-15(19-12)9-16-2/h4-8,16H,9H2,1-3H3. The second-order valence-electron chi connectivity index (χ2n) is 4.81. The number of hydrogen-bond donors (Lipinski definition) is 1. The molecule has 0 amide bonds. The third-order valence-electron chi connectivity index (χ3n) is 3.44. The van der Waals surface area contributed by atoms with E-state index in [-0.39, 0.29) is 0 Å². The van der Waals surface area contributed by atoms with Crippen molar-refractivity contribution in [2.45, 2.75) is 13.5 Å². The fourth-order valence-corrected chi connectivity index (χ4v) is 2.28. The predicted molar refractivity (Wildman–Crippen MR) is 79.2 cm³/mol. The number of nitrogens with zero attached hydrogens (tertiary/aromatic N) is 4. The summed E-state index contributed by atoms with van der Waals surface area (Å²) >= 11 is 0. The molecule has 3 aromatic rings. The molecule has 1 N–H and O–H groups in total. The number of hydrogen-bond acceptors (Lipinski definition) is 4. The fraction of sp³-hybridized carbons (Fsp3) is 0.267. The summed E-state index contributed by atoms with van der Waals surface area (Å²) in [7, 11) is 3.92. The summed E-state index contributed by atoms with van der Waals surface area (Å²) in [6.45, 7) is 2.67. The summed E-state index contributed by atoms with van der Waals surface area (Å²) in [5.74, 6) is 1.80. The van der Waals surface area contributed by atoms with Gasteiger partial charge in [-0.25, -0.2) is 15.0 Å². The predicted octanol–water partition coefficient (Wildman–Crippen LogP) is 2.06. The van der Waals surface area contributed by atoms with Crippen molar-refractivity contribution in [3.63, 3.8) is 0 Å². The van der Waals surface area contributed by atoms with E-state index >= 15 is 0 Å². The second-order valence-corrected chi connectivity index (χ2v) is 4.81. The van der Waals surface area contributed by atoms with Crippen molar-refractivity contribution in [2.24, 2.45) is 7.05 Å². The Bertz CT molecular complexity index is 760. The molecule has 0 radical (unpaired) electrons. The lowest BCUT2D eigenvalue weighted by molar-refractivity contribution is 0.759. The molecular weight excluding hydrogens is 250 g/mol. The van der Waals surface area contributed by atoms with Crippen LogP contribution < -0.4 is 5.32 Å². The SMILES string of the molecule is CNCc1nccc(-c2ccc3c(c2)nc(C)n3C)n1. The van der Waals surface area contributed by atoms with Crippen molar-refractivity contribution in [1.29, 1.82) is 0 Å². The van der Waals surface area contributed by atoms with E-state index in [1.807, 2.05) is 27.1 Å². The van der Waals surface area contributed by atoms with Crippen molar-refractivity contribution in [3.05, 3.63) is 42.1 Å². The van der Waals surface area contributed by atoms with Crippen molar-refractivity contribution in [3.8, 4) is 11.3 Å². The Hall–Kier alpha value is -2.27. The molecule has 0 aliphatic heterocycles. The topological polar surface area (TPSA) is 55.6 Å². The first-order valence-electron chi connectivity index (χ1n) is 6.59. The highest BCUT2D eigenvalue weighted by atomic mass is 15.0. The van der Waals surface area contributed by atoms with Crippen molar-refractivity contribution in [2.75, 3.05) is 7.05 Å². The summed E-state index contributed by atoms with van der Waals surface area (Å²) in [5.41, 5.74) is 4.12. The maximum atomic E-state index is 4.56. The zero-order valence-corrected chi connectivity index (χ0v) is 11.9. The van der Waals surface area contributed by atoms with Gasteiger partial charge in [0.1, 0.15) is 11.6 Å². The zero-order chi connectivity index (χ0) is 14.1. The van der Waals surface area contributed by atoms with Crippen molar-refractivity contribution in [1.82, 2.24) is 24.8 Å². The van der Waals surface area contributed by atoms with Gasteiger partial charge >= 0.3 is 0 Å². The van der Waals surface area contributed by atoms with Gasteiger partial charge in [-0.15, -0.1) is 0 Å². The molecule has 0 bridgehead atoms. The maximum absolute atomic E-state index is 4.56. The molecule has 102 valence electrons. The number of nitrogens with one attached hydrogen (secondary N) is 1. The molecule has 2 aromatic heterocycles. The summed E-state index contributed by atoms with van der Waals surface area (Å²) in [6, 6.07) is 8.17. The minimum Gasteiger partial charge on any atom is -0.331 e. The fourth-order valence-electron chi connectivity index (χ4n) is 2.28. The van der Waals surface area contributed by atoms with Crippen LogP contribution in [-0.2, 0) is 13.6 Å². The molecule has 0 saturated heterocycles. The van der Waals surface area contributed by atoms with Gasteiger partial charge in [-0.3, -0.25) is 0 Å². The van der Waals surface area contributed by atoms with E-state index in [0.29, 0.717) is 6.54 Å². The molecule has 2 heterocycles. The van der Waals surface area contributed by atoms with Crippen LogP contribution in [0.3, 0.4) is 0 Å². The molecule has 0 unspecified atom stereocenters. The van der Waals surface area contributed by atoms with E-state index in [2.05, 4.69) is 43.0 Å². The smallest absolute Gasteiger partial charge is 0.142 e. The summed E-state index contributed by atoms with van der Waals surface area (Å²) in [6.07, 6.45) is 1.79. The third kappa shape index (κ3) is 2.16. The molecule has 20 heavy (non-hydrogen) atoms. The molecule has 0 saturated carbocycles. The average Bonchev–Trinajstić information content (AvgIpc) is 2.74. The number of rotatable bonds is 3. The number of imidazole rings is 1. The van der Waals surface area contributed by atoms with E-state index in [9.17, 15) is 0 Å². The highest BCUT2D eigenvalue weighted by molar-refractivity contribution is 5.81. The van der Waals surface area contributed by atoms with Crippen LogP contribution >= 0.6 is 0 Å². The number of aromatic nitrogens is 4. The monoisotopic (exact) mass is 267 g/mol. The maximum Gasteiger partial charge on any atom is 0.142 e. The van der Waals surface area contributed by atoms with E-state index in [1.165, 1.54) is 0 Å². The summed E-state index contributed by atoms with van der Waals surface area (Å²) in [4.78, 5) is 13.4. The summed E-state index contributed by atoms with van der Waals surface area (Å²) in [5, 5.41) is 3.06. The Morgan fingerprint density at radius 1 is 1.20 bits per heavy atom. The second kappa shape index (κ2) is 5.02. The number of fused-ring (bicyclic) bond motifs is 1. The molecular formula is C15H17N5. The molecule has 0 fully saturated rings. The highest BCUT2D eigenvalue weighted by Gasteiger charge is 2.07. The zero-order valence-electron chi connectivity index (χ0n) is 11.9. The highest BCUT2D eigenvalue weighted by Crippen LogP contribution is 2.23. The van der Waals surface area contributed by atoms with Crippen molar-refractivity contribution < 1.29 is 0 Å². The van der Waals surface area contributed by atoms with Crippen LogP contribution in [0.5, 0.6) is 0 Å². The van der Waals surface area contributed by atoms with Gasteiger partial charge < -0.3 is 9.88 Å². The van der Waals surface area contributed by atoms with Gasteiger partial charge in [0.2, 0.25) is 0 Å². The van der Waals surface area contributed by atoms with Crippen LogP contribution in [0.15, 0.2) is 30.5 Å². The quantitative estimate of drug-likeness (QED) is 0.789. The van der Waals surface area contributed by atoms with Crippen LogP contribution in [0.4, 0.5) is 0 Å². The van der Waals surface area contributed by atoms with Crippen LogP contribution in [-0.4, -0.2) is 26.6 Å². The lowest BCUT2D eigenvalue weighted by atomic mass is 10.1. The minimum absolute atomic E-state index is 0.665. The van der Waals surface area contributed by atoms with E-state index in [0.717, 1.165) is 33.9 Å². The van der Waals surface area contributed by atoms with Crippen LogP contribution in [0.2, 0.25) is 0 Å². The van der Waals surface area contributed by atoms with Crippen molar-refractivity contribution >= 4 is 11.0 Å². The molecule has 1 aromatic carbocycles. The average molecular weight is 267 g/mol. The molecule has 0 aliphatic carbocycles. The first kappa shape index (κ1) is 12.7. The lowest BCUT2D eigenvalue weighted by Gasteiger charge is -2.04. The van der Waals surface area contributed by atoms with Gasteiger partial charge in [-0.2, -0.15) is 0 Å². The normalized spacial score (nSPS) is 11.2. The van der Waals surface area contributed by atoms with Gasteiger partial charge in [-0.1, -0.05) is 6.07 Å². The van der Waals surface area contributed by atoms with Gasteiger partial charge in [-0.05, 0) is 32.2 Å². The first-order valence-corrected chi connectivity index (χ1v) is 6.59. The van der Waals surface area contributed by atoms with Gasteiger partial charge in [0.25, 0.3) is 0 Å². The molecule has 0 atom stereocenters. The van der Waals surface area contributed by atoms with Crippen LogP contribution in [0.1, 0.15) is 11.6 Å². The Balaban J connectivity index is 2.07. The lowest BCUT2D eigenvalue weighted by Crippen LogP contribution is -2.09. The number of benzene rings is 1. The Labute approximate surface area is 117 Å². The third-order valence-corrected chi connectivity index (χ3v) is 3.44. The first-order chi connectivity index (χ1) is 9.69. The largest absolute Gasteiger partial charge is 0.331 e. The molecule has 5 nitrogen and oxygen atoms in total. The Morgan fingerprint density at radius 2 is 2.05 bits per heavy atom. The van der Waals surface area contributed by atoms with Crippen LogP contribution in [0.25, 0.3) is 22.3 Å². The van der Waals surface area contributed by atoms with Gasteiger partial charge in [0.05, 0.1) is 23.3 Å². The molecule has 3 rings (SSSR count). The van der Waals surface area contributed by atoms with Gasteiger partial charge in [0, 0.05) is 18.8 Å². The minimum atomic E-state index is 0.665. The Morgan fingerprint density at radius 3 is 2.85 bits per heavy atom. The van der Waals surface area contributed by atoms with E-state index in [1.54, 1.807) is 6.20 Å². The molecule has 5 heteroatoms. The molecule has 0 aliphatic rings.